The van der Waals surface area contributed by atoms with Crippen molar-refractivity contribution in [2.75, 3.05) is 18.4 Å². The molecule has 122 valence electrons. The second-order valence-corrected chi connectivity index (χ2v) is 4.97. The summed E-state index contributed by atoms with van der Waals surface area (Å²) >= 11 is 0. The average Bonchev–Trinajstić information content (AvgIpc) is 2.45. The fourth-order valence-corrected chi connectivity index (χ4v) is 1.60. The summed E-state index contributed by atoms with van der Waals surface area (Å²) in [6.07, 6.45) is 0.747. The number of rotatable bonds is 7. The second-order valence-electron chi connectivity index (χ2n) is 4.97. The molecule has 0 aliphatic rings. The third-order valence-corrected chi connectivity index (χ3v) is 2.54. The molecule has 0 aliphatic heterocycles. The predicted octanol–water partition coefficient (Wildman–Crippen LogP) is 2.26. The van der Waals surface area contributed by atoms with Crippen LogP contribution in [0.4, 0.5) is 14.9 Å². The van der Waals surface area contributed by atoms with Crippen LogP contribution in [0.25, 0.3) is 0 Å². The van der Waals surface area contributed by atoms with Crippen LogP contribution in [0.15, 0.2) is 18.2 Å². The zero-order chi connectivity index (χ0) is 16.5. The van der Waals surface area contributed by atoms with Crippen molar-refractivity contribution in [3.63, 3.8) is 0 Å². The summed E-state index contributed by atoms with van der Waals surface area (Å²) in [5.41, 5.74) is 0.0163. The van der Waals surface area contributed by atoms with E-state index in [9.17, 15) is 14.0 Å². The van der Waals surface area contributed by atoms with Crippen molar-refractivity contribution in [1.29, 1.82) is 0 Å². The molecule has 0 heterocycles. The third-order valence-electron chi connectivity index (χ3n) is 2.54. The molecule has 0 bridgehead atoms. The molecule has 3 amide bonds. The number of hydrogen-bond donors (Lipinski definition) is 3. The van der Waals surface area contributed by atoms with Gasteiger partial charge in [0.25, 0.3) is 0 Å². The molecule has 0 unspecified atom stereocenters. The van der Waals surface area contributed by atoms with Gasteiger partial charge in [0.2, 0.25) is 5.91 Å². The Morgan fingerprint density at radius 2 is 2.00 bits per heavy atom. The Hall–Kier alpha value is -2.31. The molecule has 0 aliphatic carbocycles. The minimum Gasteiger partial charge on any atom is -0.491 e. The van der Waals surface area contributed by atoms with Gasteiger partial charge >= 0.3 is 6.03 Å². The molecule has 0 spiro atoms. The maximum Gasteiger partial charge on any atom is 0.319 e. The Bertz CT molecular complexity index is 521. The highest BCUT2D eigenvalue weighted by atomic mass is 19.1. The van der Waals surface area contributed by atoms with Crippen LogP contribution in [-0.2, 0) is 4.79 Å². The average molecular weight is 311 g/mol. The van der Waals surface area contributed by atoms with E-state index in [1.54, 1.807) is 6.07 Å². The maximum absolute atomic E-state index is 13.8. The minimum absolute atomic E-state index is 0.0163. The van der Waals surface area contributed by atoms with Gasteiger partial charge in [0.1, 0.15) is 11.6 Å². The molecular formula is C15H22FN3O3. The Kier molecular flexibility index (Phi) is 7.15. The van der Waals surface area contributed by atoms with Gasteiger partial charge in [-0.3, -0.25) is 4.79 Å². The zero-order valence-electron chi connectivity index (χ0n) is 13.0. The van der Waals surface area contributed by atoms with Crippen molar-refractivity contribution < 1.29 is 18.7 Å². The van der Waals surface area contributed by atoms with Crippen molar-refractivity contribution in [2.45, 2.75) is 33.3 Å². The number of benzene rings is 1. The third kappa shape index (κ3) is 6.43. The lowest BCUT2D eigenvalue weighted by molar-refractivity contribution is -0.120. The van der Waals surface area contributed by atoms with Gasteiger partial charge in [0, 0.05) is 12.6 Å². The summed E-state index contributed by atoms with van der Waals surface area (Å²) in [6.45, 7) is 5.98. The van der Waals surface area contributed by atoms with Gasteiger partial charge in [-0.2, -0.15) is 0 Å². The van der Waals surface area contributed by atoms with Crippen LogP contribution >= 0.6 is 0 Å². The highest BCUT2D eigenvalue weighted by Gasteiger charge is 2.10. The Morgan fingerprint density at radius 3 is 2.59 bits per heavy atom. The van der Waals surface area contributed by atoms with Gasteiger partial charge in [-0.05, 0) is 32.4 Å². The summed E-state index contributed by atoms with van der Waals surface area (Å²) in [4.78, 5) is 22.9. The standard InChI is InChI=1S/C15H22FN3O3/c1-4-7-17-14(20)9-18-15(21)19-13-6-5-11(8-12(13)16)22-10(2)3/h5-6,8,10H,4,7,9H2,1-3H3,(H,17,20)(H2,18,19,21). The lowest BCUT2D eigenvalue weighted by atomic mass is 10.3. The van der Waals surface area contributed by atoms with Crippen molar-refractivity contribution >= 4 is 17.6 Å². The highest BCUT2D eigenvalue weighted by Crippen LogP contribution is 2.21. The molecule has 0 saturated carbocycles. The number of anilines is 1. The van der Waals surface area contributed by atoms with Crippen molar-refractivity contribution in [3.05, 3.63) is 24.0 Å². The number of carbonyl (C=O) groups is 2. The van der Waals surface area contributed by atoms with Crippen LogP contribution < -0.4 is 20.7 Å². The summed E-state index contributed by atoms with van der Waals surface area (Å²) in [7, 11) is 0. The second kappa shape index (κ2) is 8.86. The number of nitrogens with one attached hydrogen (secondary N) is 3. The number of hydrogen-bond acceptors (Lipinski definition) is 3. The number of ether oxygens (including phenoxy) is 1. The van der Waals surface area contributed by atoms with Crippen LogP contribution in [0.2, 0.25) is 0 Å². The van der Waals surface area contributed by atoms with E-state index in [0.717, 1.165) is 6.42 Å². The predicted molar refractivity (Wildman–Crippen MR) is 82.5 cm³/mol. The molecule has 1 rings (SSSR count). The van der Waals surface area contributed by atoms with Crippen LogP contribution in [-0.4, -0.2) is 31.1 Å². The molecule has 0 saturated heterocycles. The first-order chi connectivity index (χ1) is 10.4. The monoisotopic (exact) mass is 311 g/mol. The van der Waals surface area contributed by atoms with E-state index in [1.807, 2.05) is 20.8 Å². The topological polar surface area (TPSA) is 79.5 Å². The first-order valence-electron chi connectivity index (χ1n) is 7.20. The number of amides is 3. The van der Waals surface area contributed by atoms with Crippen molar-refractivity contribution in [2.24, 2.45) is 0 Å². The maximum atomic E-state index is 13.8. The largest absolute Gasteiger partial charge is 0.491 e. The molecule has 0 atom stereocenters. The molecule has 1 aromatic carbocycles. The lowest BCUT2D eigenvalue weighted by Gasteiger charge is -2.12. The molecule has 0 fully saturated rings. The normalized spacial score (nSPS) is 10.2. The van der Waals surface area contributed by atoms with Gasteiger partial charge < -0.3 is 20.7 Å². The van der Waals surface area contributed by atoms with E-state index in [-0.39, 0.29) is 24.2 Å². The molecule has 7 heteroatoms. The zero-order valence-corrected chi connectivity index (χ0v) is 13.0. The summed E-state index contributed by atoms with van der Waals surface area (Å²) in [5, 5.41) is 7.31. The van der Waals surface area contributed by atoms with E-state index in [2.05, 4.69) is 16.0 Å². The first-order valence-corrected chi connectivity index (χ1v) is 7.20. The first kappa shape index (κ1) is 17.7. The molecule has 6 nitrogen and oxygen atoms in total. The van der Waals surface area contributed by atoms with Crippen LogP contribution in [0, 0.1) is 5.82 Å². The summed E-state index contributed by atoms with van der Waals surface area (Å²) < 4.78 is 19.2. The Morgan fingerprint density at radius 1 is 1.27 bits per heavy atom. The van der Waals surface area contributed by atoms with E-state index >= 15 is 0 Å². The van der Waals surface area contributed by atoms with E-state index in [1.165, 1.54) is 12.1 Å². The van der Waals surface area contributed by atoms with E-state index < -0.39 is 11.8 Å². The molecule has 22 heavy (non-hydrogen) atoms. The van der Waals surface area contributed by atoms with Crippen molar-refractivity contribution in [3.8, 4) is 5.75 Å². The molecular weight excluding hydrogens is 289 g/mol. The smallest absolute Gasteiger partial charge is 0.319 e. The van der Waals surface area contributed by atoms with Crippen LogP contribution in [0.1, 0.15) is 27.2 Å². The van der Waals surface area contributed by atoms with Gasteiger partial charge in [-0.15, -0.1) is 0 Å². The fraction of sp³-hybridized carbons (Fsp3) is 0.467. The minimum atomic E-state index is -0.650. The van der Waals surface area contributed by atoms with Crippen LogP contribution in [0.5, 0.6) is 5.75 Å². The number of halogens is 1. The number of carbonyl (C=O) groups excluding carboxylic acids is 2. The van der Waals surface area contributed by atoms with E-state index in [0.29, 0.717) is 12.3 Å². The van der Waals surface area contributed by atoms with Gasteiger partial charge in [-0.1, -0.05) is 6.92 Å². The van der Waals surface area contributed by atoms with E-state index in [4.69, 9.17) is 4.74 Å². The lowest BCUT2D eigenvalue weighted by Crippen LogP contribution is -2.39. The van der Waals surface area contributed by atoms with Crippen LogP contribution in [0.3, 0.4) is 0 Å². The molecule has 3 N–H and O–H groups in total. The quantitative estimate of drug-likeness (QED) is 0.722. The van der Waals surface area contributed by atoms with Gasteiger partial charge in [0.15, 0.2) is 0 Å². The molecule has 1 aromatic rings. The Balaban J connectivity index is 2.49. The number of urea groups is 1. The molecule has 0 aromatic heterocycles. The Labute approximate surface area is 129 Å². The van der Waals surface area contributed by atoms with Crippen molar-refractivity contribution in [1.82, 2.24) is 10.6 Å². The fourth-order valence-electron chi connectivity index (χ4n) is 1.60. The highest BCUT2D eigenvalue weighted by molar-refractivity contribution is 5.92. The summed E-state index contributed by atoms with van der Waals surface area (Å²) in [5.74, 6) is -0.515. The molecule has 0 radical (unpaired) electrons. The van der Waals surface area contributed by atoms with Gasteiger partial charge in [-0.25, -0.2) is 9.18 Å². The summed E-state index contributed by atoms with van der Waals surface area (Å²) in [6, 6.07) is 3.52. The SMILES string of the molecule is CCCNC(=O)CNC(=O)Nc1ccc(OC(C)C)cc1F. The van der Waals surface area contributed by atoms with Gasteiger partial charge in [0.05, 0.1) is 18.3 Å².